The summed E-state index contributed by atoms with van der Waals surface area (Å²) in [6, 6.07) is 1.71. The van der Waals surface area contributed by atoms with Crippen molar-refractivity contribution in [2.24, 2.45) is 0 Å². The van der Waals surface area contributed by atoms with Gasteiger partial charge in [-0.3, -0.25) is 0 Å². The van der Waals surface area contributed by atoms with Crippen LogP contribution in [0, 0.1) is 0 Å². The smallest absolute Gasteiger partial charge is 0.134 e. The van der Waals surface area contributed by atoms with Crippen molar-refractivity contribution in [2.75, 3.05) is 0 Å². The first-order valence-electron chi connectivity index (χ1n) is 3.07. The molecule has 54 valence electrons. The van der Waals surface area contributed by atoms with Gasteiger partial charge in [-0.05, 0) is 34.0 Å². The lowest BCUT2D eigenvalue weighted by Gasteiger charge is -1.98. The third kappa shape index (κ3) is 1.48. The lowest BCUT2D eigenvalue weighted by Crippen LogP contribution is -1.84. The number of nitrogens with zero attached hydrogens (tertiary/aromatic N) is 1. The van der Waals surface area contributed by atoms with Gasteiger partial charge in [0.1, 0.15) is 10.4 Å². The van der Waals surface area contributed by atoms with E-state index in [0.717, 1.165) is 16.6 Å². The van der Waals surface area contributed by atoms with Gasteiger partial charge in [-0.25, -0.2) is 4.98 Å². The number of hydrogen-bond acceptors (Lipinski definition) is 2. The molecule has 3 heteroatoms. The molecule has 10 heavy (non-hydrogen) atoms. The molecule has 0 spiro atoms. The first kappa shape index (κ1) is 7.54. The molecule has 0 aliphatic rings. The van der Waals surface area contributed by atoms with Gasteiger partial charge in [-0.15, -0.1) is 0 Å². The second kappa shape index (κ2) is 3.01. The van der Waals surface area contributed by atoms with Crippen molar-refractivity contribution < 1.29 is 5.11 Å². The lowest BCUT2D eigenvalue weighted by molar-refractivity contribution is 0.471. The Morgan fingerprint density at radius 3 is 2.90 bits per heavy atom. The summed E-state index contributed by atoms with van der Waals surface area (Å²) in [5.74, 6) is 0.222. The quantitative estimate of drug-likeness (QED) is 0.707. The van der Waals surface area contributed by atoms with Gasteiger partial charge in [0.05, 0.1) is 6.20 Å². The van der Waals surface area contributed by atoms with Crippen LogP contribution in [0.5, 0.6) is 5.75 Å². The van der Waals surface area contributed by atoms with Gasteiger partial charge < -0.3 is 5.11 Å². The van der Waals surface area contributed by atoms with Crippen LogP contribution in [0.1, 0.15) is 12.5 Å². The molecule has 1 rings (SSSR count). The summed E-state index contributed by atoms with van der Waals surface area (Å²) in [6.07, 6.45) is 2.30. The summed E-state index contributed by atoms with van der Waals surface area (Å²) < 4.78 is 0.813. The minimum atomic E-state index is 0.222. The molecule has 0 unspecified atom stereocenters. The highest BCUT2D eigenvalue weighted by Gasteiger charge is 1.98. The van der Waals surface area contributed by atoms with Crippen LogP contribution in [-0.4, -0.2) is 10.1 Å². The first-order chi connectivity index (χ1) is 4.74. The fraction of sp³-hybridized carbons (Fsp3) is 0.286. The van der Waals surface area contributed by atoms with Crippen molar-refractivity contribution in [3.05, 3.63) is 22.4 Å². The maximum atomic E-state index is 8.99. The Bertz CT molecular complexity index is 237. The average Bonchev–Trinajstić information content (AvgIpc) is 1.94. The number of aromatic hydroxyl groups is 1. The summed E-state index contributed by atoms with van der Waals surface area (Å²) in [7, 11) is 0. The molecular formula is C7H8BrNO. The van der Waals surface area contributed by atoms with Gasteiger partial charge in [0.2, 0.25) is 0 Å². The zero-order chi connectivity index (χ0) is 7.56. The largest absolute Gasteiger partial charge is 0.506 e. The van der Waals surface area contributed by atoms with Crippen LogP contribution in [0.3, 0.4) is 0 Å². The van der Waals surface area contributed by atoms with E-state index in [2.05, 4.69) is 20.9 Å². The highest BCUT2D eigenvalue weighted by molar-refractivity contribution is 9.10. The molecule has 0 aliphatic carbocycles. The van der Waals surface area contributed by atoms with Crippen molar-refractivity contribution in [3.63, 3.8) is 0 Å². The number of hydrogen-bond donors (Lipinski definition) is 1. The highest BCUT2D eigenvalue weighted by Crippen LogP contribution is 2.18. The Morgan fingerprint density at radius 2 is 2.40 bits per heavy atom. The van der Waals surface area contributed by atoms with Gasteiger partial charge in [0, 0.05) is 0 Å². The molecule has 0 bridgehead atoms. The van der Waals surface area contributed by atoms with E-state index < -0.39 is 0 Å². The van der Waals surface area contributed by atoms with E-state index >= 15 is 0 Å². The predicted molar refractivity (Wildman–Crippen MR) is 43.0 cm³/mol. The van der Waals surface area contributed by atoms with E-state index in [-0.39, 0.29) is 5.75 Å². The number of pyridine rings is 1. The Labute approximate surface area is 68.0 Å². The van der Waals surface area contributed by atoms with Crippen molar-refractivity contribution in [3.8, 4) is 5.75 Å². The Kier molecular flexibility index (Phi) is 2.27. The number of rotatable bonds is 1. The SMILES string of the molecule is CCc1cc(O)cnc1Br. The molecule has 0 aliphatic heterocycles. The number of aromatic nitrogens is 1. The molecule has 1 aromatic rings. The van der Waals surface area contributed by atoms with Crippen molar-refractivity contribution in [1.82, 2.24) is 4.98 Å². The number of halogens is 1. The average molecular weight is 202 g/mol. The second-order valence-electron chi connectivity index (χ2n) is 2.00. The van der Waals surface area contributed by atoms with Crippen molar-refractivity contribution in [2.45, 2.75) is 13.3 Å². The van der Waals surface area contributed by atoms with E-state index in [1.807, 2.05) is 6.92 Å². The van der Waals surface area contributed by atoms with E-state index in [9.17, 15) is 0 Å². The third-order valence-corrected chi connectivity index (χ3v) is 1.99. The van der Waals surface area contributed by atoms with Crippen LogP contribution >= 0.6 is 15.9 Å². The summed E-state index contributed by atoms with van der Waals surface area (Å²) in [4.78, 5) is 3.92. The van der Waals surface area contributed by atoms with E-state index in [0.29, 0.717) is 0 Å². The molecule has 1 N–H and O–H groups in total. The first-order valence-corrected chi connectivity index (χ1v) is 3.86. The summed E-state index contributed by atoms with van der Waals surface area (Å²) in [6.45, 7) is 2.02. The van der Waals surface area contributed by atoms with Gasteiger partial charge >= 0.3 is 0 Å². The molecule has 0 saturated carbocycles. The van der Waals surface area contributed by atoms with E-state index in [4.69, 9.17) is 5.11 Å². The molecule has 0 radical (unpaired) electrons. The number of aryl methyl sites for hydroxylation is 1. The second-order valence-corrected chi connectivity index (χ2v) is 2.75. The molecular weight excluding hydrogens is 194 g/mol. The van der Waals surface area contributed by atoms with Crippen LogP contribution in [0.25, 0.3) is 0 Å². The van der Waals surface area contributed by atoms with Crippen LogP contribution in [-0.2, 0) is 6.42 Å². The van der Waals surface area contributed by atoms with Crippen LogP contribution in [0.4, 0.5) is 0 Å². The normalized spacial score (nSPS) is 9.80. The molecule has 1 aromatic heterocycles. The maximum Gasteiger partial charge on any atom is 0.134 e. The minimum absolute atomic E-state index is 0.222. The van der Waals surface area contributed by atoms with Crippen LogP contribution < -0.4 is 0 Å². The molecule has 2 nitrogen and oxygen atoms in total. The fourth-order valence-electron chi connectivity index (χ4n) is 0.729. The Morgan fingerprint density at radius 1 is 1.70 bits per heavy atom. The lowest BCUT2D eigenvalue weighted by atomic mass is 10.2. The zero-order valence-electron chi connectivity index (χ0n) is 5.63. The van der Waals surface area contributed by atoms with E-state index in [1.54, 1.807) is 6.07 Å². The Hall–Kier alpha value is -0.570. The van der Waals surface area contributed by atoms with Gasteiger partial charge in [0.15, 0.2) is 0 Å². The maximum absolute atomic E-state index is 8.99. The van der Waals surface area contributed by atoms with E-state index in [1.165, 1.54) is 6.20 Å². The predicted octanol–water partition coefficient (Wildman–Crippen LogP) is 2.11. The summed E-state index contributed by atoms with van der Waals surface area (Å²) >= 11 is 3.27. The monoisotopic (exact) mass is 201 g/mol. The fourth-order valence-corrected chi connectivity index (χ4v) is 1.23. The molecule has 1 heterocycles. The molecule has 0 saturated heterocycles. The standard InChI is InChI=1S/C7H8BrNO/c1-2-5-3-6(10)4-9-7(5)8/h3-4,10H,2H2,1H3. The minimum Gasteiger partial charge on any atom is -0.506 e. The molecule has 0 aromatic carbocycles. The van der Waals surface area contributed by atoms with Gasteiger partial charge in [-0.1, -0.05) is 6.92 Å². The van der Waals surface area contributed by atoms with Crippen LogP contribution in [0.15, 0.2) is 16.9 Å². The molecule has 0 atom stereocenters. The summed E-state index contributed by atoms with van der Waals surface area (Å²) in [5, 5.41) is 8.99. The molecule has 0 fully saturated rings. The third-order valence-electron chi connectivity index (χ3n) is 1.28. The Balaban J connectivity index is 3.09. The van der Waals surface area contributed by atoms with Crippen molar-refractivity contribution in [1.29, 1.82) is 0 Å². The summed E-state index contributed by atoms with van der Waals surface area (Å²) in [5.41, 5.74) is 1.03. The van der Waals surface area contributed by atoms with Gasteiger partial charge in [-0.2, -0.15) is 0 Å². The molecule has 0 amide bonds. The van der Waals surface area contributed by atoms with Crippen LogP contribution in [0.2, 0.25) is 0 Å². The van der Waals surface area contributed by atoms with Crippen molar-refractivity contribution >= 4 is 15.9 Å². The highest BCUT2D eigenvalue weighted by atomic mass is 79.9. The van der Waals surface area contributed by atoms with Gasteiger partial charge in [0.25, 0.3) is 0 Å². The topological polar surface area (TPSA) is 33.1 Å². The zero-order valence-corrected chi connectivity index (χ0v) is 7.22.